The fourth-order valence-corrected chi connectivity index (χ4v) is 4.20. The minimum Gasteiger partial charge on any atom is -0.342 e. The third kappa shape index (κ3) is 3.83. The Balaban J connectivity index is 1.66. The topological polar surface area (TPSA) is 94.2 Å². The van der Waals surface area contributed by atoms with Crippen LogP contribution in [-0.2, 0) is 0 Å². The predicted molar refractivity (Wildman–Crippen MR) is 133 cm³/mol. The van der Waals surface area contributed by atoms with Crippen LogP contribution in [0.2, 0.25) is 0 Å². The van der Waals surface area contributed by atoms with E-state index in [0.717, 1.165) is 0 Å². The lowest BCUT2D eigenvalue weighted by atomic mass is 10.1. The molecule has 2 aromatic carbocycles. The molecule has 0 fully saturated rings. The van der Waals surface area contributed by atoms with E-state index in [1.165, 1.54) is 4.57 Å². The van der Waals surface area contributed by atoms with Gasteiger partial charge in [0.15, 0.2) is 5.65 Å². The van der Waals surface area contributed by atoms with E-state index in [1.54, 1.807) is 49.8 Å². The molecule has 5 rings (SSSR count). The molecule has 0 saturated heterocycles. The number of aromatic nitrogens is 5. The SMILES string of the molecule is CC#Cc1cccc2nc([C@H](C)NC(=O)c3c(C)nn4cccnc34)n(-c3ccccc3)c(=O)c12. The number of hydrogen-bond acceptors (Lipinski definition) is 5. The van der Waals surface area contributed by atoms with E-state index in [-0.39, 0.29) is 11.5 Å². The number of carbonyl (C=O) groups is 1. The van der Waals surface area contributed by atoms with Crippen LogP contribution in [0.15, 0.2) is 71.8 Å². The molecule has 8 heteroatoms. The second-order valence-electron chi connectivity index (χ2n) is 8.06. The van der Waals surface area contributed by atoms with Gasteiger partial charge >= 0.3 is 0 Å². The Hall–Kier alpha value is -4.77. The Kier molecular flexibility index (Phi) is 5.59. The van der Waals surface area contributed by atoms with Crippen LogP contribution in [0.5, 0.6) is 0 Å². The summed E-state index contributed by atoms with van der Waals surface area (Å²) in [5.74, 6) is 5.93. The highest BCUT2D eigenvalue weighted by atomic mass is 16.2. The van der Waals surface area contributed by atoms with Gasteiger partial charge in [0.05, 0.1) is 28.3 Å². The number of para-hydroxylation sites is 1. The summed E-state index contributed by atoms with van der Waals surface area (Å²) in [5, 5.41) is 7.80. The van der Waals surface area contributed by atoms with Crippen molar-refractivity contribution in [2.45, 2.75) is 26.8 Å². The van der Waals surface area contributed by atoms with Crippen molar-refractivity contribution in [3.05, 3.63) is 100.0 Å². The first-order valence-corrected chi connectivity index (χ1v) is 11.1. The number of aryl methyl sites for hydroxylation is 1. The molecule has 1 N–H and O–H groups in total. The average Bonchev–Trinajstić information content (AvgIpc) is 3.20. The second-order valence-corrected chi connectivity index (χ2v) is 8.06. The Morgan fingerprint density at radius 2 is 1.89 bits per heavy atom. The molecule has 1 amide bonds. The molecule has 0 saturated carbocycles. The lowest BCUT2D eigenvalue weighted by Crippen LogP contribution is -2.33. The number of amides is 1. The summed E-state index contributed by atoms with van der Waals surface area (Å²) in [6.07, 6.45) is 3.36. The average molecular weight is 463 g/mol. The molecule has 0 radical (unpaired) electrons. The van der Waals surface area contributed by atoms with Gasteiger partial charge in [-0.15, -0.1) is 5.92 Å². The van der Waals surface area contributed by atoms with Crippen LogP contribution >= 0.6 is 0 Å². The first kappa shape index (κ1) is 22.0. The first-order valence-electron chi connectivity index (χ1n) is 11.1. The smallest absolute Gasteiger partial charge is 0.267 e. The molecule has 5 aromatic rings. The van der Waals surface area contributed by atoms with Gasteiger partial charge in [0.2, 0.25) is 0 Å². The zero-order valence-electron chi connectivity index (χ0n) is 19.5. The zero-order chi connectivity index (χ0) is 24.5. The third-order valence-electron chi connectivity index (χ3n) is 5.73. The van der Waals surface area contributed by atoms with Gasteiger partial charge in [-0.25, -0.2) is 14.5 Å². The molecule has 0 spiro atoms. The van der Waals surface area contributed by atoms with Crippen molar-refractivity contribution < 1.29 is 4.79 Å². The van der Waals surface area contributed by atoms with Crippen molar-refractivity contribution in [2.75, 3.05) is 0 Å². The van der Waals surface area contributed by atoms with Gasteiger partial charge in [0.1, 0.15) is 11.4 Å². The second kappa shape index (κ2) is 8.88. The molecular weight excluding hydrogens is 440 g/mol. The Morgan fingerprint density at radius 3 is 2.66 bits per heavy atom. The van der Waals surface area contributed by atoms with Crippen molar-refractivity contribution in [1.82, 2.24) is 29.5 Å². The van der Waals surface area contributed by atoms with Crippen LogP contribution in [0.25, 0.3) is 22.2 Å². The highest BCUT2D eigenvalue weighted by molar-refractivity contribution is 6.01. The molecule has 35 heavy (non-hydrogen) atoms. The number of fused-ring (bicyclic) bond motifs is 2. The maximum atomic E-state index is 13.8. The molecule has 0 bridgehead atoms. The first-order chi connectivity index (χ1) is 17.0. The van der Waals surface area contributed by atoms with Crippen molar-refractivity contribution in [2.24, 2.45) is 0 Å². The van der Waals surface area contributed by atoms with Gasteiger partial charge in [0, 0.05) is 18.0 Å². The fourth-order valence-electron chi connectivity index (χ4n) is 4.20. The van der Waals surface area contributed by atoms with Crippen LogP contribution in [0.3, 0.4) is 0 Å². The fraction of sp³-hybridized carbons (Fsp3) is 0.148. The Bertz CT molecular complexity index is 1710. The van der Waals surface area contributed by atoms with Crippen molar-refractivity contribution in [1.29, 1.82) is 0 Å². The molecule has 0 aliphatic heterocycles. The molecule has 0 aliphatic carbocycles. The van der Waals surface area contributed by atoms with E-state index < -0.39 is 6.04 Å². The minimum atomic E-state index is -0.598. The monoisotopic (exact) mass is 462 g/mol. The summed E-state index contributed by atoms with van der Waals surface area (Å²) in [4.78, 5) is 36.3. The standard InChI is InChI=1S/C27H22N6O2/c1-4-10-19-11-8-14-21-23(19)27(35)33(20-12-6-5-7-13-20)24(30-21)18(3)29-26(34)22-17(2)31-32-16-9-15-28-25(22)32/h5-9,11-16,18H,1-3H3,(H,29,34)/t18-/m0/s1. The lowest BCUT2D eigenvalue weighted by molar-refractivity contribution is 0.0938. The number of nitrogens with one attached hydrogen (secondary N) is 1. The summed E-state index contributed by atoms with van der Waals surface area (Å²) in [6.45, 7) is 5.29. The van der Waals surface area contributed by atoms with Gasteiger partial charge < -0.3 is 5.32 Å². The quantitative estimate of drug-likeness (QED) is 0.412. The van der Waals surface area contributed by atoms with E-state index in [1.807, 2.05) is 42.5 Å². The van der Waals surface area contributed by atoms with E-state index in [0.29, 0.717) is 44.9 Å². The van der Waals surface area contributed by atoms with Crippen LogP contribution in [0.4, 0.5) is 0 Å². The summed E-state index contributed by atoms with van der Waals surface area (Å²) in [6, 6.07) is 15.8. The van der Waals surface area contributed by atoms with E-state index in [9.17, 15) is 9.59 Å². The number of carbonyl (C=O) groups excluding carboxylic acids is 1. The molecule has 3 heterocycles. The summed E-state index contributed by atoms with van der Waals surface area (Å²) in [7, 11) is 0. The molecule has 172 valence electrons. The Morgan fingerprint density at radius 1 is 1.09 bits per heavy atom. The van der Waals surface area contributed by atoms with Crippen molar-refractivity contribution in [3.8, 4) is 17.5 Å². The summed E-state index contributed by atoms with van der Waals surface area (Å²) < 4.78 is 3.11. The number of hydrogen-bond donors (Lipinski definition) is 1. The molecule has 1 atom stereocenters. The maximum absolute atomic E-state index is 13.8. The summed E-state index contributed by atoms with van der Waals surface area (Å²) in [5.41, 5.74) is 2.94. The van der Waals surface area contributed by atoms with E-state index >= 15 is 0 Å². The number of nitrogens with zero attached hydrogens (tertiary/aromatic N) is 5. The minimum absolute atomic E-state index is 0.246. The van der Waals surface area contributed by atoms with Crippen LogP contribution in [0, 0.1) is 18.8 Å². The van der Waals surface area contributed by atoms with Gasteiger partial charge in [-0.3, -0.25) is 14.2 Å². The van der Waals surface area contributed by atoms with Crippen molar-refractivity contribution in [3.63, 3.8) is 0 Å². The van der Waals surface area contributed by atoms with Crippen LogP contribution in [-0.4, -0.2) is 30.1 Å². The normalized spacial score (nSPS) is 11.7. The van der Waals surface area contributed by atoms with Crippen LogP contribution in [0.1, 0.15) is 47.3 Å². The predicted octanol–water partition coefficient (Wildman–Crippen LogP) is 3.60. The maximum Gasteiger partial charge on any atom is 0.267 e. The van der Waals surface area contributed by atoms with Crippen LogP contribution < -0.4 is 10.9 Å². The molecule has 3 aromatic heterocycles. The van der Waals surface area contributed by atoms with Gasteiger partial charge in [-0.1, -0.05) is 30.2 Å². The zero-order valence-corrected chi connectivity index (χ0v) is 19.5. The van der Waals surface area contributed by atoms with Gasteiger partial charge in [-0.2, -0.15) is 5.10 Å². The molecule has 8 nitrogen and oxygen atoms in total. The molecule has 0 aliphatic rings. The van der Waals surface area contributed by atoms with Gasteiger partial charge in [0.25, 0.3) is 11.5 Å². The number of rotatable bonds is 4. The van der Waals surface area contributed by atoms with E-state index in [2.05, 4.69) is 27.2 Å². The largest absolute Gasteiger partial charge is 0.342 e. The lowest BCUT2D eigenvalue weighted by Gasteiger charge is -2.20. The molecular formula is C27H22N6O2. The van der Waals surface area contributed by atoms with E-state index in [4.69, 9.17) is 4.98 Å². The summed E-state index contributed by atoms with van der Waals surface area (Å²) >= 11 is 0. The number of benzene rings is 2. The highest BCUT2D eigenvalue weighted by Crippen LogP contribution is 2.21. The van der Waals surface area contributed by atoms with Gasteiger partial charge in [-0.05, 0) is 51.1 Å². The molecule has 0 unspecified atom stereocenters. The Labute approximate surface area is 201 Å². The van der Waals surface area contributed by atoms with Crippen molar-refractivity contribution >= 4 is 22.5 Å². The highest BCUT2D eigenvalue weighted by Gasteiger charge is 2.24. The third-order valence-corrected chi connectivity index (χ3v) is 5.73.